The number of aliphatic hydroxyl groups is 2. The van der Waals surface area contributed by atoms with Crippen LogP contribution in [-0.2, 0) is 28.8 Å². The first-order valence-corrected chi connectivity index (χ1v) is 10.6. The number of aliphatic hydroxyl groups excluding tert-OH is 2. The van der Waals surface area contributed by atoms with E-state index in [1.807, 2.05) is 0 Å². The van der Waals surface area contributed by atoms with Crippen molar-refractivity contribution in [3.05, 3.63) is 12.7 Å². The molecule has 16 nitrogen and oxygen atoms in total. The molecule has 0 spiro atoms. The lowest BCUT2D eigenvalue weighted by molar-refractivity contribution is -0.121. The molecule has 32 heavy (non-hydrogen) atoms. The molecule has 2 amide bonds. The van der Waals surface area contributed by atoms with E-state index in [9.17, 15) is 28.2 Å². The number of carbonyl (C=O) groups excluding carboxylic acids is 2. The Labute approximate surface area is 181 Å². The summed E-state index contributed by atoms with van der Waals surface area (Å²) in [6, 6.07) is -1.32. The number of amides is 2. The molecule has 1 aliphatic rings. The summed E-state index contributed by atoms with van der Waals surface area (Å²) in [6.07, 6.45) is -3.43. The summed E-state index contributed by atoms with van der Waals surface area (Å²) in [6.45, 7) is -0.738. The molecule has 3 rings (SSSR count). The van der Waals surface area contributed by atoms with E-state index in [1.54, 1.807) is 4.72 Å². The van der Waals surface area contributed by atoms with Gasteiger partial charge in [-0.3, -0.25) is 18.3 Å². The monoisotopic (exact) mass is 474 g/mol. The molecule has 17 heteroatoms. The molecule has 3 heterocycles. The van der Waals surface area contributed by atoms with Crippen LogP contribution in [0.4, 0.5) is 5.82 Å². The van der Waals surface area contributed by atoms with E-state index in [0.717, 1.165) is 0 Å². The molecule has 0 radical (unpaired) electrons. The molecule has 0 aliphatic carbocycles. The second-order valence-electron chi connectivity index (χ2n) is 6.95. The summed E-state index contributed by atoms with van der Waals surface area (Å²) < 4.78 is 37.1. The third-order valence-corrected chi connectivity index (χ3v) is 5.55. The maximum atomic E-state index is 12.0. The second-order valence-corrected chi connectivity index (χ2v) is 8.29. The van der Waals surface area contributed by atoms with Crippen molar-refractivity contribution in [3.63, 3.8) is 0 Å². The van der Waals surface area contributed by atoms with Gasteiger partial charge in [-0.2, -0.15) is 8.42 Å². The first-order valence-electron chi connectivity index (χ1n) is 9.19. The number of fused-ring (bicyclic) bond motifs is 1. The molecule has 1 aliphatic heterocycles. The topological polar surface area (TPSA) is 261 Å². The molecule has 0 saturated carbocycles. The quantitative estimate of drug-likeness (QED) is 0.203. The fourth-order valence-corrected chi connectivity index (χ4v) is 3.74. The highest BCUT2D eigenvalue weighted by atomic mass is 32.2. The summed E-state index contributed by atoms with van der Waals surface area (Å²) in [5, 5.41) is 20.6. The van der Waals surface area contributed by atoms with Gasteiger partial charge in [0, 0.05) is 6.42 Å². The van der Waals surface area contributed by atoms with Crippen LogP contribution in [0.3, 0.4) is 0 Å². The molecule has 1 fully saturated rings. The molecule has 9 N–H and O–H groups in total. The Hall–Kier alpha value is -2.96. The van der Waals surface area contributed by atoms with Crippen molar-refractivity contribution >= 4 is 39.1 Å². The number of nitrogens with zero attached hydrogens (tertiary/aromatic N) is 4. The van der Waals surface area contributed by atoms with Crippen molar-refractivity contribution in [3.8, 4) is 0 Å². The van der Waals surface area contributed by atoms with Crippen molar-refractivity contribution in [2.45, 2.75) is 43.4 Å². The maximum Gasteiger partial charge on any atom is 0.362 e. The van der Waals surface area contributed by atoms with Crippen molar-refractivity contribution < 1.29 is 37.1 Å². The van der Waals surface area contributed by atoms with E-state index in [2.05, 4.69) is 19.1 Å². The molecule has 2 aromatic rings. The average Bonchev–Trinajstić information content (AvgIpc) is 3.27. The predicted octanol–water partition coefficient (Wildman–Crippen LogP) is -4.00. The highest BCUT2D eigenvalue weighted by Gasteiger charge is 2.45. The molecule has 0 aromatic carbocycles. The number of nitrogens with two attached hydrogens (primary N) is 3. The Kier molecular flexibility index (Phi) is 6.86. The lowest BCUT2D eigenvalue weighted by atomic mass is 10.1. The number of imidazole rings is 1. The zero-order valence-electron chi connectivity index (χ0n) is 16.4. The van der Waals surface area contributed by atoms with E-state index in [4.69, 9.17) is 21.9 Å². The largest absolute Gasteiger partial charge is 0.387 e. The molecule has 5 atom stereocenters. The van der Waals surface area contributed by atoms with Crippen LogP contribution in [0.1, 0.15) is 19.1 Å². The highest BCUT2D eigenvalue weighted by Crippen LogP contribution is 2.32. The molecular formula is C15H22N8O8S. The minimum atomic E-state index is -4.63. The van der Waals surface area contributed by atoms with Gasteiger partial charge in [0.1, 0.15) is 30.2 Å². The molecule has 176 valence electrons. The van der Waals surface area contributed by atoms with Crippen LogP contribution in [0.15, 0.2) is 12.7 Å². The van der Waals surface area contributed by atoms with E-state index in [0.29, 0.717) is 0 Å². The van der Waals surface area contributed by atoms with Gasteiger partial charge in [0.25, 0.3) is 5.91 Å². The van der Waals surface area contributed by atoms with Crippen molar-refractivity contribution in [1.82, 2.24) is 24.2 Å². The third-order valence-electron chi connectivity index (χ3n) is 4.65. The minimum absolute atomic E-state index is 0.0949. The van der Waals surface area contributed by atoms with Crippen LogP contribution in [0.25, 0.3) is 11.2 Å². The number of hydrogen-bond acceptors (Lipinski definition) is 13. The van der Waals surface area contributed by atoms with Crippen molar-refractivity contribution in [1.29, 1.82) is 0 Å². The Morgan fingerprint density at radius 2 is 2.00 bits per heavy atom. The minimum Gasteiger partial charge on any atom is -0.387 e. The lowest BCUT2D eigenvalue weighted by Gasteiger charge is -2.16. The average molecular weight is 474 g/mol. The van der Waals surface area contributed by atoms with Gasteiger partial charge in [-0.1, -0.05) is 0 Å². The molecule has 0 bridgehead atoms. The van der Waals surface area contributed by atoms with Gasteiger partial charge in [0.05, 0.1) is 19.0 Å². The Morgan fingerprint density at radius 3 is 2.69 bits per heavy atom. The summed E-state index contributed by atoms with van der Waals surface area (Å²) in [4.78, 5) is 34.4. The first kappa shape index (κ1) is 23.7. The zero-order valence-corrected chi connectivity index (χ0v) is 17.3. The molecule has 0 unspecified atom stereocenters. The summed E-state index contributed by atoms with van der Waals surface area (Å²) in [5.41, 5.74) is 16.6. The number of hydrogen-bond donors (Lipinski definition) is 6. The van der Waals surface area contributed by atoms with E-state index in [1.165, 1.54) is 17.2 Å². The fourth-order valence-electron chi connectivity index (χ4n) is 2.97. The van der Waals surface area contributed by atoms with Crippen LogP contribution in [0.2, 0.25) is 0 Å². The molecular weight excluding hydrogens is 452 g/mol. The molecule has 1 saturated heterocycles. The normalized spacial score (nSPS) is 24.5. The highest BCUT2D eigenvalue weighted by molar-refractivity contribution is 7.85. The van der Waals surface area contributed by atoms with Gasteiger partial charge in [-0.15, -0.1) is 0 Å². The predicted molar refractivity (Wildman–Crippen MR) is 105 cm³/mol. The number of anilines is 1. The Bertz CT molecular complexity index is 1110. The van der Waals surface area contributed by atoms with Crippen LogP contribution in [0.5, 0.6) is 0 Å². The number of primary amides is 1. The number of rotatable bonds is 9. The zero-order chi connectivity index (χ0) is 23.6. The van der Waals surface area contributed by atoms with Gasteiger partial charge in [-0.25, -0.2) is 19.7 Å². The number of nitrogen functional groups attached to an aromatic ring is 1. The summed E-state index contributed by atoms with van der Waals surface area (Å²) in [5.74, 6) is -1.72. The SMILES string of the molecule is NC(=O)CC[C@H](N)C(=O)NS(=O)(=O)OC[C@H]1O[C@@H](n2cnc3c(N)ncnc32)[C@H](O)[C@@H]1O. The van der Waals surface area contributed by atoms with Crippen molar-refractivity contribution in [2.24, 2.45) is 11.5 Å². The van der Waals surface area contributed by atoms with E-state index < -0.39 is 59.3 Å². The van der Waals surface area contributed by atoms with Crippen LogP contribution >= 0.6 is 0 Å². The first-order chi connectivity index (χ1) is 15.0. The van der Waals surface area contributed by atoms with Crippen LogP contribution < -0.4 is 21.9 Å². The lowest BCUT2D eigenvalue weighted by Crippen LogP contribution is -2.45. The number of aromatic nitrogens is 4. The Balaban J connectivity index is 1.62. The maximum absolute atomic E-state index is 12.0. The van der Waals surface area contributed by atoms with E-state index >= 15 is 0 Å². The number of nitrogens with one attached hydrogen (secondary N) is 1. The van der Waals surface area contributed by atoms with Crippen molar-refractivity contribution in [2.75, 3.05) is 12.3 Å². The fraction of sp³-hybridized carbons (Fsp3) is 0.533. The van der Waals surface area contributed by atoms with Gasteiger partial charge < -0.3 is 32.2 Å². The van der Waals surface area contributed by atoms with Gasteiger partial charge in [0.15, 0.2) is 17.7 Å². The standard InChI is InChI=1S/C15H22N8O8S/c16-6(1-2-8(17)24)14(27)22-32(28,29)30-3-7-10(25)11(26)15(31-7)23-5-21-9-12(18)19-4-20-13(9)23/h4-7,10-11,15,25-26H,1-3,16H2,(H2,17,24)(H,22,27)(H2,18,19,20)/t6-,7+,10+,11+,15+/m0/s1. The summed E-state index contributed by atoms with van der Waals surface area (Å²) >= 11 is 0. The molecule has 2 aromatic heterocycles. The van der Waals surface area contributed by atoms with Gasteiger partial charge in [-0.05, 0) is 6.42 Å². The Morgan fingerprint density at radius 1 is 1.28 bits per heavy atom. The second kappa shape index (κ2) is 9.27. The number of ether oxygens (including phenoxy) is 1. The van der Waals surface area contributed by atoms with Gasteiger partial charge in [0.2, 0.25) is 5.91 Å². The van der Waals surface area contributed by atoms with E-state index in [-0.39, 0.29) is 29.8 Å². The smallest absolute Gasteiger partial charge is 0.362 e. The summed E-state index contributed by atoms with van der Waals surface area (Å²) in [7, 11) is -4.63. The number of carbonyl (C=O) groups is 2. The van der Waals surface area contributed by atoms with Crippen LogP contribution in [0, 0.1) is 0 Å². The van der Waals surface area contributed by atoms with Crippen LogP contribution in [-0.4, -0.2) is 80.9 Å². The third kappa shape index (κ3) is 5.09. The van der Waals surface area contributed by atoms with Gasteiger partial charge >= 0.3 is 10.3 Å².